The second-order valence-electron chi connectivity index (χ2n) is 3.85. The van der Waals surface area contributed by atoms with Crippen LogP contribution in [0.3, 0.4) is 0 Å². The molecule has 0 unspecified atom stereocenters. The molecule has 0 amide bonds. The molecule has 1 aliphatic rings. The third-order valence-corrected chi connectivity index (χ3v) is 2.14. The molecule has 0 bridgehead atoms. The summed E-state index contributed by atoms with van der Waals surface area (Å²) in [6, 6.07) is 0. The molecule has 1 aromatic rings. The summed E-state index contributed by atoms with van der Waals surface area (Å²) in [7, 11) is 0. The van der Waals surface area contributed by atoms with Gasteiger partial charge >= 0.3 is 0 Å². The molecule has 2 nitrogen and oxygen atoms in total. The molecule has 0 atom stereocenters. The van der Waals surface area contributed by atoms with E-state index in [1.165, 1.54) is 0 Å². The predicted molar refractivity (Wildman–Crippen MR) is 65.2 cm³/mol. The number of allylic oxidation sites excluding steroid dienone is 2. The Morgan fingerprint density at radius 3 is 2.47 bits per heavy atom. The van der Waals surface area contributed by atoms with Crippen molar-refractivity contribution in [1.29, 1.82) is 0 Å². The summed E-state index contributed by atoms with van der Waals surface area (Å²) in [4.78, 5) is 8.19. The van der Waals surface area contributed by atoms with E-state index in [1.54, 1.807) is 6.33 Å². The number of hydrogen-bond acceptors (Lipinski definition) is 2. The Kier molecular flexibility index (Phi) is 3.78. The van der Waals surface area contributed by atoms with Crippen LogP contribution in [0.25, 0.3) is 12.2 Å². The molecule has 0 saturated carbocycles. The molecule has 0 aliphatic heterocycles. The summed E-state index contributed by atoms with van der Waals surface area (Å²) in [6.45, 7) is 8.33. The van der Waals surface area contributed by atoms with Crippen LogP contribution in [0.15, 0.2) is 24.7 Å². The van der Waals surface area contributed by atoms with E-state index in [1.807, 2.05) is 20.0 Å². The predicted octanol–water partition coefficient (Wildman–Crippen LogP) is 3.57. The van der Waals surface area contributed by atoms with Gasteiger partial charge in [0.25, 0.3) is 0 Å². The molecule has 0 aromatic carbocycles. The largest absolute Gasteiger partial charge is 0.244 e. The van der Waals surface area contributed by atoms with E-state index in [4.69, 9.17) is 0 Å². The molecule has 1 aliphatic carbocycles. The molecule has 0 fully saturated rings. The Bertz CT molecular complexity index is 341. The number of rotatable bonds is 0. The van der Waals surface area contributed by atoms with E-state index in [2.05, 4.69) is 48.1 Å². The highest BCUT2D eigenvalue weighted by Gasteiger charge is 2.12. The van der Waals surface area contributed by atoms with Crippen LogP contribution in [0, 0.1) is 5.41 Å². The molecular weight excluding hydrogens is 184 g/mol. The number of hydrogen-bond donors (Lipinski definition) is 0. The van der Waals surface area contributed by atoms with Crippen molar-refractivity contribution >= 4 is 12.2 Å². The van der Waals surface area contributed by atoms with E-state index in [0.717, 1.165) is 11.3 Å². The highest BCUT2D eigenvalue weighted by molar-refractivity contribution is 5.65. The van der Waals surface area contributed by atoms with Crippen molar-refractivity contribution in [3.05, 3.63) is 35.9 Å². The van der Waals surface area contributed by atoms with Crippen LogP contribution in [0.4, 0.5) is 0 Å². The Balaban J connectivity index is 0.000000531. The van der Waals surface area contributed by atoms with Crippen LogP contribution < -0.4 is 0 Å². The summed E-state index contributed by atoms with van der Waals surface area (Å²) >= 11 is 0. The number of fused-ring (bicyclic) bond motifs is 1. The highest BCUT2D eigenvalue weighted by Crippen LogP contribution is 2.25. The maximum absolute atomic E-state index is 4.20. The van der Waals surface area contributed by atoms with Crippen LogP contribution in [0.5, 0.6) is 0 Å². The van der Waals surface area contributed by atoms with E-state index in [0.29, 0.717) is 0 Å². The first-order valence-electron chi connectivity index (χ1n) is 5.36. The fourth-order valence-electron chi connectivity index (χ4n) is 1.27. The van der Waals surface area contributed by atoms with Crippen molar-refractivity contribution in [3.63, 3.8) is 0 Å². The molecule has 1 heterocycles. The molecule has 0 radical (unpaired) electrons. The molecule has 1 aromatic heterocycles. The third-order valence-electron chi connectivity index (χ3n) is 2.14. The second kappa shape index (κ2) is 4.87. The summed E-state index contributed by atoms with van der Waals surface area (Å²) in [5.74, 6) is 0. The fraction of sp³-hybridized carbons (Fsp3) is 0.385. The third kappa shape index (κ3) is 3.01. The first-order valence-corrected chi connectivity index (χ1v) is 5.36. The molecule has 0 saturated heterocycles. The van der Waals surface area contributed by atoms with Gasteiger partial charge in [-0.3, -0.25) is 0 Å². The van der Waals surface area contributed by atoms with Crippen LogP contribution >= 0.6 is 0 Å². The van der Waals surface area contributed by atoms with Gasteiger partial charge in [0.05, 0.1) is 5.69 Å². The van der Waals surface area contributed by atoms with Gasteiger partial charge in [0.1, 0.15) is 6.33 Å². The lowest BCUT2D eigenvalue weighted by Crippen LogP contribution is -1.99. The van der Waals surface area contributed by atoms with E-state index < -0.39 is 0 Å². The Morgan fingerprint density at radius 1 is 1.07 bits per heavy atom. The Morgan fingerprint density at radius 2 is 1.73 bits per heavy atom. The fourth-order valence-corrected chi connectivity index (χ4v) is 1.27. The molecule has 2 heteroatoms. The van der Waals surface area contributed by atoms with Crippen molar-refractivity contribution in [3.8, 4) is 0 Å². The molecule has 0 N–H and O–H groups in total. The molecular formula is C13H18N2. The van der Waals surface area contributed by atoms with Crippen LogP contribution in [-0.2, 0) is 0 Å². The van der Waals surface area contributed by atoms with E-state index in [9.17, 15) is 0 Å². The molecule has 80 valence electrons. The van der Waals surface area contributed by atoms with Gasteiger partial charge < -0.3 is 0 Å². The van der Waals surface area contributed by atoms with Crippen LogP contribution in [-0.4, -0.2) is 9.97 Å². The smallest absolute Gasteiger partial charge is 0.116 e. The molecule has 15 heavy (non-hydrogen) atoms. The Labute approximate surface area is 91.8 Å². The minimum Gasteiger partial charge on any atom is -0.244 e. The van der Waals surface area contributed by atoms with Gasteiger partial charge in [-0.25, -0.2) is 9.97 Å². The number of nitrogens with zero attached hydrogens (tertiary/aromatic N) is 2. The monoisotopic (exact) mass is 202 g/mol. The lowest BCUT2D eigenvalue weighted by molar-refractivity contribution is 0.633. The molecule has 2 rings (SSSR count). The van der Waals surface area contributed by atoms with Gasteiger partial charge in [-0.2, -0.15) is 0 Å². The van der Waals surface area contributed by atoms with Crippen molar-refractivity contribution in [2.45, 2.75) is 27.7 Å². The number of aromatic nitrogens is 2. The second-order valence-corrected chi connectivity index (χ2v) is 3.85. The van der Waals surface area contributed by atoms with Gasteiger partial charge in [0, 0.05) is 17.2 Å². The normalized spacial score (nSPS) is 16.0. The maximum Gasteiger partial charge on any atom is 0.116 e. The standard InChI is InChI=1S/C11H12N2.C2H6/c1-11(2)5-3-9-7-12-8-13-10(9)4-6-11;1-2/h3-8H,1-2H3;1-2H3. The van der Waals surface area contributed by atoms with Crippen LogP contribution in [0.2, 0.25) is 0 Å². The van der Waals surface area contributed by atoms with Crippen molar-refractivity contribution in [1.82, 2.24) is 9.97 Å². The van der Waals surface area contributed by atoms with Crippen molar-refractivity contribution in [2.75, 3.05) is 0 Å². The van der Waals surface area contributed by atoms with Gasteiger partial charge in [-0.15, -0.1) is 0 Å². The summed E-state index contributed by atoms with van der Waals surface area (Å²) in [5.41, 5.74) is 2.20. The van der Waals surface area contributed by atoms with E-state index >= 15 is 0 Å². The average Bonchev–Trinajstić information content (AvgIpc) is 2.42. The Hall–Kier alpha value is -1.44. The zero-order valence-electron chi connectivity index (χ0n) is 9.86. The zero-order chi connectivity index (χ0) is 11.3. The summed E-state index contributed by atoms with van der Waals surface area (Å²) < 4.78 is 0. The van der Waals surface area contributed by atoms with Gasteiger partial charge in [0.15, 0.2) is 0 Å². The molecule has 0 spiro atoms. The first kappa shape index (κ1) is 11.6. The minimum absolute atomic E-state index is 0.112. The maximum atomic E-state index is 4.20. The zero-order valence-corrected chi connectivity index (χ0v) is 9.86. The topological polar surface area (TPSA) is 25.8 Å². The lowest BCUT2D eigenvalue weighted by atomic mass is 9.93. The van der Waals surface area contributed by atoms with Gasteiger partial charge in [-0.05, 0) is 6.08 Å². The van der Waals surface area contributed by atoms with Crippen molar-refractivity contribution < 1.29 is 0 Å². The SMILES string of the molecule is CC.CC1(C)C=Cc2cncnc2C=C1. The van der Waals surface area contributed by atoms with Crippen molar-refractivity contribution in [2.24, 2.45) is 5.41 Å². The average molecular weight is 202 g/mol. The quantitative estimate of drug-likeness (QED) is 0.642. The summed E-state index contributed by atoms with van der Waals surface area (Å²) in [5, 5.41) is 0. The highest BCUT2D eigenvalue weighted by atomic mass is 14.8. The van der Waals surface area contributed by atoms with E-state index in [-0.39, 0.29) is 5.41 Å². The lowest BCUT2D eigenvalue weighted by Gasteiger charge is -2.11. The van der Waals surface area contributed by atoms with Crippen LogP contribution in [0.1, 0.15) is 39.0 Å². The first-order chi connectivity index (χ1) is 7.17. The van der Waals surface area contributed by atoms with Gasteiger partial charge in [-0.1, -0.05) is 45.9 Å². The summed E-state index contributed by atoms with van der Waals surface area (Å²) in [6.07, 6.45) is 11.9. The van der Waals surface area contributed by atoms with Gasteiger partial charge in [0.2, 0.25) is 0 Å². The minimum atomic E-state index is 0.112.